The lowest BCUT2D eigenvalue weighted by Gasteiger charge is -2.25. The van der Waals surface area contributed by atoms with Crippen molar-refractivity contribution in [2.75, 3.05) is 13.1 Å². The summed E-state index contributed by atoms with van der Waals surface area (Å²) in [4.78, 5) is 40.5. The van der Waals surface area contributed by atoms with E-state index in [1.54, 1.807) is 11.0 Å². The summed E-state index contributed by atoms with van der Waals surface area (Å²) in [6.07, 6.45) is 11.6. The van der Waals surface area contributed by atoms with Gasteiger partial charge >= 0.3 is 5.97 Å². The van der Waals surface area contributed by atoms with Gasteiger partial charge in [-0.1, -0.05) is 43.5 Å². The van der Waals surface area contributed by atoms with Gasteiger partial charge in [0.05, 0.1) is 22.3 Å². The molecule has 0 bridgehead atoms. The second-order valence-corrected chi connectivity index (χ2v) is 11.8. The average Bonchev–Trinajstić information content (AvgIpc) is 3.51. The van der Waals surface area contributed by atoms with Crippen molar-refractivity contribution in [1.82, 2.24) is 14.0 Å². The van der Waals surface area contributed by atoms with Gasteiger partial charge in [0.25, 0.3) is 11.7 Å². The molecule has 0 unspecified atom stereocenters. The number of benzene rings is 2. The SMILES string of the molecule is O=C(O)c1ccc2c(C3CCCCC3)c3n(c2c1)CCCn1cc(C(=O)C(=O)N2CCCCC2)c2cccc-3c21. The van der Waals surface area contributed by atoms with Gasteiger partial charge in [0.1, 0.15) is 0 Å². The van der Waals surface area contributed by atoms with Crippen LogP contribution in [0.15, 0.2) is 42.6 Å². The molecule has 40 heavy (non-hydrogen) atoms. The summed E-state index contributed by atoms with van der Waals surface area (Å²) < 4.78 is 4.51. The van der Waals surface area contributed by atoms with E-state index in [-0.39, 0.29) is 0 Å². The number of hydrogen-bond acceptors (Lipinski definition) is 3. The Bertz CT molecular complexity index is 1660. The first-order valence-electron chi connectivity index (χ1n) is 14.9. The molecular formula is C33H35N3O4. The van der Waals surface area contributed by atoms with Crippen LogP contribution >= 0.6 is 0 Å². The van der Waals surface area contributed by atoms with Gasteiger partial charge < -0.3 is 19.1 Å². The number of aromatic carboxylic acids is 1. The number of aryl methyl sites for hydroxylation is 2. The van der Waals surface area contributed by atoms with Crippen molar-refractivity contribution in [3.8, 4) is 11.3 Å². The Labute approximate surface area is 233 Å². The molecule has 7 nitrogen and oxygen atoms in total. The highest BCUT2D eigenvalue weighted by Gasteiger charge is 2.32. The third kappa shape index (κ3) is 3.97. The molecule has 1 N–H and O–H groups in total. The van der Waals surface area contributed by atoms with Crippen LogP contribution in [0.4, 0.5) is 0 Å². The third-order valence-corrected chi connectivity index (χ3v) is 9.38. The summed E-state index contributed by atoms with van der Waals surface area (Å²) >= 11 is 0. The van der Waals surface area contributed by atoms with Crippen LogP contribution < -0.4 is 0 Å². The zero-order valence-electron chi connectivity index (χ0n) is 22.8. The van der Waals surface area contributed by atoms with Crippen LogP contribution in [0.3, 0.4) is 0 Å². The summed E-state index contributed by atoms with van der Waals surface area (Å²) in [5.41, 5.74) is 6.29. The first-order chi connectivity index (χ1) is 19.5. The predicted octanol–water partition coefficient (Wildman–Crippen LogP) is 6.61. The molecule has 1 saturated heterocycles. The third-order valence-electron chi connectivity index (χ3n) is 9.38. The molecule has 3 aliphatic rings. The molecule has 0 radical (unpaired) electrons. The van der Waals surface area contributed by atoms with Crippen LogP contribution in [-0.4, -0.2) is 49.9 Å². The van der Waals surface area contributed by atoms with Crippen molar-refractivity contribution >= 4 is 39.5 Å². The fourth-order valence-electron chi connectivity index (χ4n) is 7.50. The van der Waals surface area contributed by atoms with Gasteiger partial charge in [0, 0.05) is 54.2 Å². The molecule has 2 aromatic carbocycles. The second-order valence-electron chi connectivity index (χ2n) is 11.8. The Morgan fingerprint density at radius 3 is 2.35 bits per heavy atom. The summed E-state index contributed by atoms with van der Waals surface area (Å²) in [5.74, 6) is -1.32. The number of carboxylic acid groups (broad SMARTS) is 1. The number of amides is 1. The van der Waals surface area contributed by atoms with Gasteiger partial charge in [-0.15, -0.1) is 0 Å². The molecule has 0 spiro atoms. The Kier molecular flexibility index (Phi) is 6.25. The Morgan fingerprint density at radius 1 is 0.800 bits per heavy atom. The topological polar surface area (TPSA) is 84.5 Å². The van der Waals surface area contributed by atoms with E-state index in [9.17, 15) is 19.5 Å². The van der Waals surface area contributed by atoms with Crippen LogP contribution in [-0.2, 0) is 17.9 Å². The van der Waals surface area contributed by atoms with E-state index in [0.29, 0.717) is 30.1 Å². The molecule has 7 rings (SSSR count). The summed E-state index contributed by atoms with van der Waals surface area (Å²) in [7, 11) is 0. The van der Waals surface area contributed by atoms with Crippen LogP contribution in [0.5, 0.6) is 0 Å². The number of carbonyl (C=O) groups is 3. The molecular weight excluding hydrogens is 502 g/mol. The first-order valence-corrected chi connectivity index (χ1v) is 14.9. The van der Waals surface area contributed by atoms with E-state index in [0.717, 1.165) is 84.7 Å². The highest BCUT2D eigenvalue weighted by Crippen LogP contribution is 2.47. The maximum Gasteiger partial charge on any atom is 0.335 e. The zero-order chi connectivity index (χ0) is 27.4. The minimum Gasteiger partial charge on any atom is -0.478 e. The number of rotatable bonds is 4. The molecule has 4 heterocycles. The van der Waals surface area contributed by atoms with Crippen molar-refractivity contribution in [3.05, 3.63) is 59.3 Å². The molecule has 1 amide bonds. The monoisotopic (exact) mass is 537 g/mol. The van der Waals surface area contributed by atoms with E-state index >= 15 is 0 Å². The molecule has 0 atom stereocenters. The van der Waals surface area contributed by atoms with Gasteiger partial charge in [-0.05, 0) is 62.1 Å². The molecule has 2 fully saturated rings. The fourth-order valence-corrected chi connectivity index (χ4v) is 7.50. The van der Waals surface area contributed by atoms with Crippen LogP contribution in [0, 0.1) is 0 Å². The highest BCUT2D eigenvalue weighted by molar-refractivity contribution is 6.45. The van der Waals surface area contributed by atoms with E-state index in [1.165, 1.54) is 24.8 Å². The highest BCUT2D eigenvalue weighted by atomic mass is 16.4. The Morgan fingerprint density at radius 2 is 1.57 bits per heavy atom. The Hall–Kier alpha value is -3.87. The maximum atomic E-state index is 13.6. The summed E-state index contributed by atoms with van der Waals surface area (Å²) in [5, 5.41) is 11.7. The number of ketones is 1. The van der Waals surface area contributed by atoms with Gasteiger partial charge in [-0.2, -0.15) is 0 Å². The second kappa shape index (κ2) is 9.95. The molecule has 2 aromatic heterocycles. The molecule has 206 valence electrons. The Balaban J connectivity index is 1.45. The largest absolute Gasteiger partial charge is 0.478 e. The number of likely N-dealkylation sites (tertiary alicyclic amines) is 1. The maximum absolute atomic E-state index is 13.6. The molecule has 1 saturated carbocycles. The number of hydrogen-bond donors (Lipinski definition) is 1. The minimum absolute atomic E-state index is 0.302. The summed E-state index contributed by atoms with van der Waals surface area (Å²) in [6, 6.07) is 11.7. The van der Waals surface area contributed by atoms with Gasteiger partial charge in [0.2, 0.25) is 0 Å². The lowest BCUT2D eigenvalue weighted by Crippen LogP contribution is -2.40. The van der Waals surface area contributed by atoms with E-state index in [4.69, 9.17) is 0 Å². The average molecular weight is 538 g/mol. The molecule has 4 aromatic rings. The van der Waals surface area contributed by atoms with Gasteiger partial charge in [-0.25, -0.2) is 4.79 Å². The number of aromatic nitrogens is 2. The molecule has 1 aliphatic carbocycles. The van der Waals surface area contributed by atoms with E-state index in [1.807, 2.05) is 30.5 Å². The van der Waals surface area contributed by atoms with Crippen molar-refractivity contribution < 1.29 is 19.5 Å². The lowest BCUT2D eigenvalue weighted by atomic mass is 9.81. The minimum atomic E-state index is -0.917. The van der Waals surface area contributed by atoms with Gasteiger partial charge in [-0.3, -0.25) is 9.59 Å². The zero-order valence-corrected chi connectivity index (χ0v) is 22.8. The smallest absolute Gasteiger partial charge is 0.335 e. The number of carbonyl (C=O) groups excluding carboxylic acids is 2. The fraction of sp³-hybridized carbons (Fsp3) is 0.424. The van der Waals surface area contributed by atoms with Crippen molar-refractivity contribution in [2.24, 2.45) is 0 Å². The predicted molar refractivity (Wildman–Crippen MR) is 155 cm³/mol. The summed E-state index contributed by atoms with van der Waals surface area (Å²) in [6.45, 7) is 2.77. The van der Waals surface area contributed by atoms with Crippen LogP contribution in [0.1, 0.15) is 90.0 Å². The first kappa shape index (κ1) is 25.1. The standard InChI is InChI=1S/C33H35N3O4/c37-31(32(38)34-15-5-2-6-16-34)26-20-35-17-8-18-36-27-19-22(33(39)40)13-14-24(27)28(21-9-3-1-4-10-21)30(36)25-12-7-11-23(26)29(25)35/h7,11-14,19-21H,1-6,8-10,15-18H2,(H,39,40). The number of para-hydroxylation sites is 1. The van der Waals surface area contributed by atoms with E-state index in [2.05, 4.69) is 15.2 Å². The normalized spacial score (nSPS) is 17.9. The number of piperidine rings is 1. The lowest BCUT2D eigenvalue weighted by molar-refractivity contribution is -0.127. The van der Waals surface area contributed by atoms with Crippen molar-refractivity contribution in [1.29, 1.82) is 0 Å². The van der Waals surface area contributed by atoms with E-state index < -0.39 is 17.7 Å². The van der Waals surface area contributed by atoms with Crippen molar-refractivity contribution in [3.63, 3.8) is 0 Å². The molecule has 7 heteroatoms. The number of Topliss-reactive ketones (excluding diaryl/α,β-unsaturated/α-hetero) is 1. The van der Waals surface area contributed by atoms with Gasteiger partial charge in [0.15, 0.2) is 0 Å². The number of fused-ring (bicyclic) bond motifs is 4. The quantitative estimate of drug-likeness (QED) is 0.235. The number of nitrogens with zero attached hydrogens (tertiary/aromatic N) is 3. The van der Waals surface area contributed by atoms with Crippen LogP contribution in [0.25, 0.3) is 33.1 Å². The van der Waals surface area contributed by atoms with Crippen molar-refractivity contribution in [2.45, 2.75) is 76.8 Å². The number of carboxylic acids is 1. The van der Waals surface area contributed by atoms with Crippen LogP contribution in [0.2, 0.25) is 0 Å². The molecule has 2 aliphatic heterocycles.